The van der Waals surface area contributed by atoms with Gasteiger partial charge in [-0.15, -0.1) is 10.2 Å². The maximum atomic E-state index is 11.5. The second kappa shape index (κ2) is 8.29. The zero-order valence-electron chi connectivity index (χ0n) is 15.7. The van der Waals surface area contributed by atoms with Gasteiger partial charge in [0.25, 0.3) is 0 Å². The molecular formula is C23H18ClN3O2. The summed E-state index contributed by atoms with van der Waals surface area (Å²) in [6.45, 7) is 1.55. The minimum Gasteiger partial charge on any atom is -0.418 e. The molecule has 1 N–H and O–H groups in total. The number of halogens is 1. The first kappa shape index (κ1) is 18.9. The van der Waals surface area contributed by atoms with Crippen LogP contribution in [0, 0.1) is 0 Å². The highest BCUT2D eigenvalue weighted by Crippen LogP contribution is 2.31. The third-order valence-electron chi connectivity index (χ3n) is 4.53. The van der Waals surface area contributed by atoms with Crippen LogP contribution in [0.3, 0.4) is 0 Å². The molecule has 0 fully saturated rings. The van der Waals surface area contributed by atoms with Gasteiger partial charge in [-0.2, -0.15) is 0 Å². The average molecular weight is 404 g/mol. The van der Waals surface area contributed by atoms with Gasteiger partial charge in [0.1, 0.15) is 6.04 Å². The molecule has 1 atom stereocenters. The highest BCUT2D eigenvalue weighted by Gasteiger charge is 2.22. The van der Waals surface area contributed by atoms with E-state index < -0.39 is 0 Å². The van der Waals surface area contributed by atoms with Crippen LogP contribution in [0.15, 0.2) is 83.3 Å². The predicted molar refractivity (Wildman–Crippen MR) is 113 cm³/mol. The van der Waals surface area contributed by atoms with E-state index >= 15 is 0 Å². The van der Waals surface area contributed by atoms with E-state index in [1.165, 1.54) is 0 Å². The van der Waals surface area contributed by atoms with Crippen LogP contribution in [0.25, 0.3) is 11.5 Å². The number of hydrogen-bond acceptors (Lipinski definition) is 5. The number of hydrogen-bond donors (Lipinski definition) is 1. The van der Waals surface area contributed by atoms with Crippen LogP contribution in [0.5, 0.6) is 0 Å². The van der Waals surface area contributed by atoms with Gasteiger partial charge in [0.2, 0.25) is 11.8 Å². The molecule has 6 heteroatoms. The number of rotatable bonds is 6. The lowest BCUT2D eigenvalue weighted by molar-refractivity contribution is 0.101. The Balaban J connectivity index is 1.69. The largest absolute Gasteiger partial charge is 0.418 e. The van der Waals surface area contributed by atoms with E-state index in [9.17, 15) is 4.79 Å². The highest BCUT2D eigenvalue weighted by molar-refractivity contribution is 6.33. The number of ketones is 1. The maximum Gasteiger partial charge on any atom is 0.249 e. The molecule has 0 radical (unpaired) electrons. The van der Waals surface area contributed by atoms with Crippen LogP contribution >= 0.6 is 11.6 Å². The molecule has 0 unspecified atom stereocenters. The van der Waals surface area contributed by atoms with Gasteiger partial charge in [0, 0.05) is 11.3 Å². The van der Waals surface area contributed by atoms with E-state index in [1.807, 2.05) is 60.7 Å². The number of carbonyl (C=O) groups is 1. The first-order valence-electron chi connectivity index (χ1n) is 9.12. The molecular weight excluding hydrogens is 386 g/mol. The molecule has 5 nitrogen and oxygen atoms in total. The second-order valence-electron chi connectivity index (χ2n) is 6.55. The summed E-state index contributed by atoms with van der Waals surface area (Å²) in [5.41, 5.74) is 3.15. The minimum absolute atomic E-state index is 0.0254. The highest BCUT2D eigenvalue weighted by atomic mass is 35.5. The van der Waals surface area contributed by atoms with Crippen molar-refractivity contribution in [3.63, 3.8) is 0 Å². The molecule has 1 aromatic heterocycles. The normalized spacial score (nSPS) is 11.8. The fraction of sp³-hybridized carbons (Fsp3) is 0.0870. The van der Waals surface area contributed by atoms with E-state index in [1.54, 1.807) is 25.1 Å². The van der Waals surface area contributed by atoms with Gasteiger partial charge in [0.05, 0.1) is 10.6 Å². The van der Waals surface area contributed by atoms with Crippen molar-refractivity contribution in [2.24, 2.45) is 0 Å². The second-order valence-corrected chi connectivity index (χ2v) is 6.95. The molecule has 0 spiro atoms. The van der Waals surface area contributed by atoms with Crippen LogP contribution in [-0.2, 0) is 0 Å². The summed E-state index contributed by atoms with van der Waals surface area (Å²) < 4.78 is 5.98. The van der Waals surface area contributed by atoms with Crippen molar-refractivity contribution in [1.82, 2.24) is 10.2 Å². The van der Waals surface area contributed by atoms with E-state index in [0.29, 0.717) is 27.9 Å². The summed E-state index contributed by atoms with van der Waals surface area (Å²) in [5.74, 6) is 0.805. The Kier molecular flexibility index (Phi) is 5.40. The van der Waals surface area contributed by atoms with Gasteiger partial charge in [-0.25, -0.2) is 0 Å². The minimum atomic E-state index is -0.358. The van der Waals surface area contributed by atoms with Gasteiger partial charge in [-0.3, -0.25) is 4.79 Å². The van der Waals surface area contributed by atoms with Crippen molar-refractivity contribution in [3.8, 4) is 11.5 Å². The van der Waals surface area contributed by atoms with Gasteiger partial charge in [-0.1, -0.05) is 54.1 Å². The van der Waals surface area contributed by atoms with Crippen LogP contribution in [-0.4, -0.2) is 16.0 Å². The van der Waals surface area contributed by atoms with E-state index in [-0.39, 0.29) is 11.8 Å². The fourth-order valence-corrected chi connectivity index (χ4v) is 3.21. The van der Waals surface area contributed by atoms with Crippen molar-refractivity contribution < 1.29 is 9.21 Å². The number of benzene rings is 3. The van der Waals surface area contributed by atoms with Crippen LogP contribution in [0.2, 0.25) is 5.02 Å². The fourth-order valence-electron chi connectivity index (χ4n) is 3.00. The van der Waals surface area contributed by atoms with Crippen LogP contribution in [0.1, 0.15) is 34.8 Å². The molecule has 3 aromatic carbocycles. The molecule has 0 saturated carbocycles. The maximum absolute atomic E-state index is 11.5. The average Bonchev–Trinajstić information content (AvgIpc) is 3.23. The summed E-state index contributed by atoms with van der Waals surface area (Å²) in [7, 11) is 0. The standard InChI is InChI=1S/C23H18ClN3O2/c1-15(28)16-11-13-18(14-12-16)25-21(17-7-3-2-4-8-17)23-27-26-22(29-23)19-9-5-6-10-20(19)24/h2-14,21,25H,1H3/t21-/m1/s1. The Bertz CT molecular complexity index is 1120. The summed E-state index contributed by atoms with van der Waals surface area (Å²) in [5, 5.41) is 12.4. The number of anilines is 1. The summed E-state index contributed by atoms with van der Waals surface area (Å²) >= 11 is 6.26. The lowest BCUT2D eigenvalue weighted by Gasteiger charge is -2.17. The molecule has 0 amide bonds. The van der Waals surface area contributed by atoms with Crippen molar-refractivity contribution in [2.75, 3.05) is 5.32 Å². The number of aromatic nitrogens is 2. The van der Waals surface area contributed by atoms with Crippen molar-refractivity contribution >= 4 is 23.1 Å². The molecule has 4 rings (SSSR count). The Morgan fingerprint density at radius 1 is 0.931 bits per heavy atom. The molecule has 4 aromatic rings. The van der Waals surface area contributed by atoms with E-state index in [2.05, 4.69) is 15.5 Å². The molecule has 144 valence electrons. The molecule has 0 aliphatic carbocycles. The van der Waals surface area contributed by atoms with Crippen molar-refractivity contribution in [2.45, 2.75) is 13.0 Å². The molecule has 0 aliphatic heterocycles. The number of nitrogens with zero attached hydrogens (tertiary/aromatic N) is 2. The van der Waals surface area contributed by atoms with E-state index in [4.69, 9.17) is 16.0 Å². The van der Waals surface area contributed by atoms with Gasteiger partial charge < -0.3 is 9.73 Å². The third-order valence-corrected chi connectivity index (χ3v) is 4.86. The Hall–Kier alpha value is -3.44. The SMILES string of the molecule is CC(=O)c1ccc(N[C@H](c2ccccc2)c2nnc(-c3ccccc3Cl)o2)cc1. The Labute approximate surface area is 173 Å². The lowest BCUT2D eigenvalue weighted by atomic mass is 10.1. The number of carbonyl (C=O) groups excluding carboxylic acids is 1. The zero-order valence-corrected chi connectivity index (χ0v) is 16.4. The molecule has 0 aliphatic rings. The number of Topliss-reactive ketones (excluding diaryl/α,β-unsaturated/α-hetero) is 1. The van der Waals surface area contributed by atoms with Gasteiger partial charge in [-0.05, 0) is 48.9 Å². The first-order chi connectivity index (χ1) is 14.1. The molecule has 0 bridgehead atoms. The summed E-state index contributed by atoms with van der Waals surface area (Å²) in [6.07, 6.45) is 0. The van der Waals surface area contributed by atoms with Gasteiger partial charge >= 0.3 is 0 Å². The topological polar surface area (TPSA) is 68.0 Å². The van der Waals surface area contributed by atoms with Crippen LogP contribution < -0.4 is 5.32 Å². The monoisotopic (exact) mass is 403 g/mol. The summed E-state index contributed by atoms with van der Waals surface area (Å²) in [6, 6.07) is 24.1. The molecule has 29 heavy (non-hydrogen) atoms. The quantitative estimate of drug-likeness (QED) is 0.412. The molecule has 0 saturated heterocycles. The predicted octanol–water partition coefficient (Wildman–Crippen LogP) is 5.79. The smallest absolute Gasteiger partial charge is 0.249 e. The Morgan fingerprint density at radius 2 is 1.62 bits per heavy atom. The van der Waals surface area contributed by atoms with Gasteiger partial charge in [0.15, 0.2) is 5.78 Å². The van der Waals surface area contributed by atoms with E-state index in [0.717, 1.165) is 11.3 Å². The third kappa shape index (κ3) is 4.20. The first-order valence-corrected chi connectivity index (χ1v) is 9.50. The molecule has 1 heterocycles. The van der Waals surface area contributed by atoms with Crippen LogP contribution in [0.4, 0.5) is 5.69 Å². The number of nitrogens with one attached hydrogen (secondary N) is 1. The van der Waals surface area contributed by atoms with Crippen molar-refractivity contribution in [1.29, 1.82) is 0 Å². The Morgan fingerprint density at radius 3 is 2.31 bits per heavy atom. The lowest BCUT2D eigenvalue weighted by Crippen LogP contribution is -2.13. The zero-order chi connectivity index (χ0) is 20.2. The summed E-state index contributed by atoms with van der Waals surface area (Å²) in [4.78, 5) is 11.5. The van der Waals surface area contributed by atoms with Crippen molar-refractivity contribution in [3.05, 3.63) is 101 Å².